The molecule has 0 spiro atoms. The van der Waals surface area contributed by atoms with Gasteiger partial charge >= 0.3 is 0 Å². The Morgan fingerprint density at radius 3 is 2.59 bits per heavy atom. The lowest BCUT2D eigenvalue weighted by Gasteiger charge is -2.19. The quantitative estimate of drug-likeness (QED) is 0.852. The molecule has 2 rings (SSSR count). The van der Waals surface area contributed by atoms with Crippen LogP contribution in [0.2, 0.25) is 0 Å². The molecule has 0 aliphatic heterocycles. The van der Waals surface area contributed by atoms with E-state index in [-0.39, 0.29) is 17.9 Å². The van der Waals surface area contributed by atoms with Crippen molar-refractivity contribution in [1.82, 2.24) is 5.32 Å². The van der Waals surface area contributed by atoms with E-state index in [2.05, 4.69) is 30.6 Å². The van der Waals surface area contributed by atoms with Crippen LogP contribution in [-0.2, 0) is 0 Å². The van der Waals surface area contributed by atoms with Gasteiger partial charge in [-0.1, -0.05) is 18.2 Å². The summed E-state index contributed by atoms with van der Waals surface area (Å²) < 4.78 is 13.1. The molecule has 1 aromatic heterocycles. The molecule has 1 nitrogen and oxygen atoms in total. The predicted octanol–water partition coefficient (Wildman–Crippen LogP) is 4.30. The van der Waals surface area contributed by atoms with Crippen molar-refractivity contribution in [1.29, 1.82) is 0 Å². The highest BCUT2D eigenvalue weighted by Gasteiger charge is 2.11. The molecule has 1 N–H and O–H groups in total. The molecular weight excluding hydrogens is 233 g/mol. The topological polar surface area (TPSA) is 12.0 Å². The smallest absolute Gasteiger partial charge is 0.123 e. The Labute approximate surface area is 105 Å². The van der Waals surface area contributed by atoms with Crippen LogP contribution in [0, 0.1) is 5.82 Å². The largest absolute Gasteiger partial charge is 0.303 e. The highest BCUT2D eigenvalue weighted by molar-refractivity contribution is 7.10. The first-order valence-electron chi connectivity index (χ1n) is 5.71. The Kier molecular flexibility index (Phi) is 3.92. The van der Waals surface area contributed by atoms with Gasteiger partial charge < -0.3 is 5.32 Å². The van der Waals surface area contributed by atoms with E-state index in [4.69, 9.17) is 0 Å². The lowest BCUT2D eigenvalue weighted by Crippen LogP contribution is -2.21. The Morgan fingerprint density at radius 2 is 1.94 bits per heavy atom. The molecule has 2 aromatic rings. The van der Waals surface area contributed by atoms with Crippen molar-refractivity contribution in [3.8, 4) is 0 Å². The van der Waals surface area contributed by atoms with E-state index in [1.54, 1.807) is 23.5 Å². The molecule has 1 unspecified atom stereocenters. The summed E-state index contributed by atoms with van der Waals surface area (Å²) in [5, 5.41) is 5.54. The number of hydrogen-bond donors (Lipinski definition) is 1. The summed E-state index contributed by atoms with van der Waals surface area (Å²) in [6.45, 7) is 4.18. The van der Waals surface area contributed by atoms with Gasteiger partial charge in [0.2, 0.25) is 0 Å². The normalized spacial score (nSPS) is 14.5. The van der Waals surface area contributed by atoms with Gasteiger partial charge in [0.15, 0.2) is 0 Å². The summed E-state index contributed by atoms with van der Waals surface area (Å²) in [7, 11) is 0. The monoisotopic (exact) mass is 249 g/mol. The van der Waals surface area contributed by atoms with Crippen molar-refractivity contribution in [2.24, 2.45) is 0 Å². The number of nitrogens with one attached hydrogen (secondary N) is 1. The zero-order chi connectivity index (χ0) is 12.3. The number of thiophene rings is 1. The van der Waals surface area contributed by atoms with Crippen LogP contribution >= 0.6 is 11.3 Å². The number of halogens is 1. The first-order valence-corrected chi connectivity index (χ1v) is 6.59. The summed E-state index contributed by atoms with van der Waals surface area (Å²) in [5.41, 5.74) is 0.980. The predicted molar refractivity (Wildman–Crippen MR) is 70.7 cm³/mol. The molecule has 0 bridgehead atoms. The first kappa shape index (κ1) is 12.3. The van der Waals surface area contributed by atoms with Gasteiger partial charge in [0.1, 0.15) is 5.82 Å². The second kappa shape index (κ2) is 5.43. The second-order valence-electron chi connectivity index (χ2n) is 4.18. The van der Waals surface area contributed by atoms with Crippen LogP contribution in [0.3, 0.4) is 0 Å². The van der Waals surface area contributed by atoms with Crippen LogP contribution in [-0.4, -0.2) is 0 Å². The van der Waals surface area contributed by atoms with Gasteiger partial charge in [0.25, 0.3) is 0 Å². The van der Waals surface area contributed by atoms with Crippen molar-refractivity contribution in [3.05, 3.63) is 58.0 Å². The molecule has 1 aromatic carbocycles. The van der Waals surface area contributed by atoms with E-state index < -0.39 is 0 Å². The molecule has 2 atom stereocenters. The minimum absolute atomic E-state index is 0.141. The number of rotatable bonds is 4. The SMILES string of the molecule is CC(N[C@H](C)c1cccc(F)c1)c1cccs1. The van der Waals surface area contributed by atoms with E-state index in [0.717, 1.165) is 5.56 Å². The standard InChI is InChI=1S/C14H16FNS/c1-10(12-5-3-6-13(15)9-12)16-11(2)14-7-4-8-17-14/h3-11,16H,1-2H3/t10-,11?/m1/s1. The molecule has 0 amide bonds. The van der Waals surface area contributed by atoms with E-state index in [0.29, 0.717) is 0 Å². The van der Waals surface area contributed by atoms with Gasteiger partial charge in [-0.15, -0.1) is 11.3 Å². The van der Waals surface area contributed by atoms with E-state index in [1.807, 2.05) is 12.1 Å². The highest BCUT2D eigenvalue weighted by Crippen LogP contribution is 2.22. The minimum Gasteiger partial charge on any atom is -0.303 e. The fraction of sp³-hybridized carbons (Fsp3) is 0.286. The molecule has 0 aliphatic carbocycles. The lowest BCUT2D eigenvalue weighted by molar-refractivity contribution is 0.497. The third-order valence-corrected chi connectivity index (χ3v) is 3.87. The molecule has 90 valence electrons. The average molecular weight is 249 g/mol. The van der Waals surface area contributed by atoms with Crippen molar-refractivity contribution in [2.75, 3.05) is 0 Å². The van der Waals surface area contributed by atoms with E-state index >= 15 is 0 Å². The maximum Gasteiger partial charge on any atom is 0.123 e. The third kappa shape index (κ3) is 3.14. The molecule has 0 fully saturated rings. The average Bonchev–Trinajstić information content (AvgIpc) is 2.82. The van der Waals surface area contributed by atoms with Crippen LogP contribution in [0.25, 0.3) is 0 Å². The van der Waals surface area contributed by atoms with Crippen molar-refractivity contribution in [3.63, 3.8) is 0 Å². The van der Waals surface area contributed by atoms with E-state index in [9.17, 15) is 4.39 Å². The van der Waals surface area contributed by atoms with Gasteiger partial charge in [-0.2, -0.15) is 0 Å². The number of hydrogen-bond acceptors (Lipinski definition) is 2. The Morgan fingerprint density at radius 1 is 1.12 bits per heavy atom. The second-order valence-corrected chi connectivity index (χ2v) is 5.16. The van der Waals surface area contributed by atoms with Crippen LogP contribution in [0.4, 0.5) is 4.39 Å². The van der Waals surface area contributed by atoms with Gasteiger partial charge in [-0.25, -0.2) is 4.39 Å². The minimum atomic E-state index is -0.181. The van der Waals surface area contributed by atoms with Gasteiger partial charge in [0, 0.05) is 17.0 Å². The van der Waals surface area contributed by atoms with E-state index in [1.165, 1.54) is 10.9 Å². The Balaban J connectivity index is 2.04. The molecule has 0 saturated heterocycles. The highest BCUT2D eigenvalue weighted by atomic mass is 32.1. The Bertz CT molecular complexity index is 467. The first-order chi connectivity index (χ1) is 8.16. The van der Waals surface area contributed by atoms with Gasteiger partial charge in [-0.3, -0.25) is 0 Å². The molecule has 0 saturated carbocycles. The van der Waals surface area contributed by atoms with Gasteiger partial charge in [0.05, 0.1) is 0 Å². The maximum absolute atomic E-state index is 13.1. The van der Waals surface area contributed by atoms with Crippen LogP contribution < -0.4 is 5.32 Å². The van der Waals surface area contributed by atoms with Crippen LogP contribution in [0.5, 0.6) is 0 Å². The summed E-state index contributed by atoms with van der Waals surface area (Å²) in [6, 6.07) is 11.3. The van der Waals surface area contributed by atoms with Crippen LogP contribution in [0.15, 0.2) is 41.8 Å². The molecule has 1 heterocycles. The fourth-order valence-electron chi connectivity index (χ4n) is 1.87. The van der Waals surface area contributed by atoms with Crippen molar-refractivity contribution < 1.29 is 4.39 Å². The summed E-state index contributed by atoms with van der Waals surface area (Å²) in [4.78, 5) is 1.30. The van der Waals surface area contributed by atoms with Crippen LogP contribution in [0.1, 0.15) is 36.4 Å². The summed E-state index contributed by atoms with van der Waals surface area (Å²) in [6.07, 6.45) is 0. The zero-order valence-electron chi connectivity index (χ0n) is 9.98. The molecule has 17 heavy (non-hydrogen) atoms. The molecule has 0 aliphatic rings. The number of benzene rings is 1. The van der Waals surface area contributed by atoms with Gasteiger partial charge in [-0.05, 0) is 43.0 Å². The lowest BCUT2D eigenvalue weighted by atomic mass is 10.1. The maximum atomic E-state index is 13.1. The molecular formula is C14H16FNS. The summed E-state index contributed by atoms with van der Waals surface area (Å²) in [5.74, 6) is -0.181. The molecule has 0 radical (unpaired) electrons. The van der Waals surface area contributed by atoms with Crippen molar-refractivity contribution in [2.45, 2.75) is 25.9 Å². The zero-order valence-corrected chi connectivity index (χ0v) is 10.8. The Hall–Kier alpha value is -1.19. The summed E-state index contributed by atoms with van der Waals surface area (Å²) >= 11 is 1.73. The third-order valence-electron chi connectivity index (χ3n) is 2.82. The fourth-order valence-corrected chi connectivity index (χ4v) is 2.61. The van der Waals surface area contributed by atoms with Crippen molar-refractivity contribution >= 4 is 11.3 Å². The molecule has 3 heteroatoms.